The second-order valence-corrected chi connectivity index (χ2v) is 7.79. The fourth-order valence-corrected chi connectivity index (χ4v) is 3.79. The van der Waals surface area contributed by atoms with Gasteiger partial charge in [0, 0.05) is 29.3 Å². The Kier molecular flexibility index (Phi) is 5.22. The van der Waals surface area contributed by atoms with Crippen LogP contribution in [0.5, 0.6) is 0 Å². The highest BCUT2D eigenvalue weighted by atomic mass is 32.1. The molecule has 0 aliphatic heterocycles. The van der Waals surface area contributed by atoms with Gasteiger partial charge in [-0.15, -0.1) is 16.4 Å². The predicted molar refractivity (Wildman–Crippen MR) is 114 cm³/mol. The minimum absolute atomic E-state index is 0.0550. The number of anilines is 1. The Morgan fingerprint density at radius 1 is 0.966 bits per heavy atom. The predicted octanol–water partition coefficient (Wildman–Crippen LogP) is 4.68. The van der Waals surface area contributed by atoms with Crippen LogP contribution in [0, 0.1) is 13.8 Å². The Bertz CT molecular complexity index is 1170. The Balaban J connectivity index is 1.41. The fraction of sp³-hybridized carbons (Fsp3) is 0.182. The summed E-state index contributed by atoms with van der Waals surface area (Å²) in [5, 5.41) is 9.09. The zero-order valence-electron chi connectivity index (χ0n) is 16.2. The van der Waals surface area contributed by atoms with Gasteiger partial charge in [-0.2, -0.15) is 4.98 Å². The standard InChI is InChI=1S/C22H20N4O2S/c1-14-3-7-16(8-4-14)18-13-29-22-24-21(25-26(18)22)23-20(28)12-11-19(27)17-9-5-15(2)6-10-17/h3-10,13H,11-12H2,1-2H3,(H,23,25,28). The summed E-state index contributed by atoms with van der Waals surface area (Å²) in [6.45, 7) is 4.01. The van der Waals surface area contributed by atoms with Crippen LogP contribution in [-0.2, 0) is 4.79 Å². The summed E-state index contributed by atoms with van der Waals surface area (Å²) in [5.41, 5.74) is 4.86. The van der Waals surface area contributed by atoms with Crippen LogP contribution in [0.3, 0.4) is 0 Å². The maximum atomic E-state index is 12.2. The van der Waals surface area contributed by atoms with Gasteiger partial charge in [-0.3, -0.25) is 14.9 Å². The van der Waals surface area contributed by atoms with Crippen LogP contribution in [-0.4, -0.2) is 26.3 Å². The maximum Gasteiger partial charge on any atom is 0.250 e. The number of carbonyl (C=O) groups excluding carboxylic acids is 2. The van der Waals surface area contributed by atoms with Gasteiger partial charge in [-0.25, -0.2) is 4.52 Å². The van der Waals surface area contributed by atoms with Crippen LogP contribution in [0.2, 0.25) is 0 Å². The van der Waals surface area contributed by atoms with Crippen molar-refractivity contribution in [2.75, 3.05) is 5.32 Å². The van der Waals surface area contributed by atoms with Gasteiger partial charge in [-0.05, 0) is 13.8 Å². The molecular formula is C22H20N4O2S. The summed E-state index contributed by atoms with van der Waals surface area (Å²) in [5.74, 6) is -0.0841. The molecule has 146 valence electrons. The van der Waals surface area contributed by atoms with Gasteiger partial charge in [-0.1, -0.05) is 59.7 Å². The number of hydrogen-bond donors (Lipinski definition) is 1. The molecular weight excluding hydrogens is 384 g/mol. The molecule has 0 spiro atoms. The Labute approximate surface area is 172 Å². The van der Waals surface area contributed by atoms with Gasteiger partial charge in [0.25, 0.3) is 0 Å². The van der Waals surface area contributed by atoms with E-state index < -0.39 is 0 Å². The number of fused-ring (bicyclic) bond motifs is 1. The molecule has 0 fully saturated rings. The lowest BCUT2D eigenvalue weighted by Gasteiger charge is -2.02. The first kappa shape index (κ1) is 19.0. The zero-order chi connectivity index (χ0) is 20.4. The highest BCUT2D eigenvalue weighted by Gasteiger charge is 2.14. The molecule has 1 N–H and O–H groups in total. The van der Waals surface area contributed by atoms with E-state index in [1.165, 1.54) is 16.9 Å². The van der Waals surface area contributed by atoms with Gasteiger partial charge < -0.3 is 0 Å². The van der Waals surface area contributed by atoms with Crippen molar-refractivity contribution >= 4 is 33.9 Å². The molecule has 1 amide bonds. The first-order valence-electron chi connectivity index (χ1n) is 9.30. The normalized spacial score (nSPS) is 11.0. The lowest BCUT2D eigenvalue weighted by molar-refractivity contribution is -0.116. The van der Waals surface area contributed by atoms with Crippen molar-refractivity contribution < 1.29 is 9.59 Å². The first-order chi connectivity index (χ1) is 14.0. The van der Waals surface area contributed by atoms with Crippen molar-refractivity contribution in [3.63, 3.8) is 0 Å². The molecule has 2 heterocycles. The van der Waals surface area contributed by atoms with Crippen molar-refractivity contribution in [3.8, 4) is 11.3 Å². The number of hydrogen-bond acceptors (Lipinski definition) is 5. The van der Waals surface area contributed by atoms with Crippen molar-refractivity contribution in [2.24, 2.45) is 0 Å². The van der Waals surface area contributed by atoms with Crippen LogP contribution >= 0.6 is 11.3 Å². The number of nitrogens with one attached hydrogen (secondary N) is 1. The summed E-state index contributed by atoms with van der Waals surface area (Å²) in [4.78, 5) is 29.5. The molecule has 6 nitrogen and oxygen atoms in total. The van der Waals surface area contributed by atoms with Crippen molar-refractivity contribution in [1.29, 1.82) is 0 Å². The van der Waals surface area contributed by atoms with Crippen molar-refractivity contribution in [1.82, 2.24) is 14.6 Å². The largest absolute Gasteiger partial charge is 0.294 e. The third kappa shape index (κ3) is 4.25. The lowest BCUT2D eigenvalue weighted by Crippen LogP contribution is -2.14. The number of nitrogens with zero attached hydrogens (tertiary/aromatic N) is 3. The molecule has 0 saturated heterocycles. The molecule has 0 radical (unpaired) electrons. The third-order valence-electron chi connectivity index (χ3n) is 4.63. The fourth-order valence-electron chi connectivity index (χ4n) is 2.96. The van der Waals surface area contributed by atoms with E-state index in [-0.39, 0.29) is 30.5 Å². The van der Waals surface area contributed by atoms with Gasteiger partial charge in [0.2, 0.25) is 16.8 Å². The number of aromatic nitrogens is 3. The van der Waals surface area contributed by atoms with E-state index in [1.54, 1.807) is 16.6 Å². The van der Waals surface area contributed by atoms with Crippen molar-refractivity contribution in [2.45, 2.75) is 26.7 Å². The van der Waals surface area contributed by atoms with E-state index >= 15 is 0 Å². The van der Waals surface area contributed by atoms with Gasteiger partial charge in [0.05, 0.1) is 5.69 Å². The first-order valence-corrected chi connectivity index (χ1v) is 10.2. The molecule has 0 unspecified atom stereocenters. The van der Waals surface area contributed by atoms with E-state index in [2.05, 4.69) is 15.4 Å². The molecule has 7 heteroatoms. The Morgan fingerprint density at radius 2 is 1.62 bits per heavy atom. The van der Waals surface area contributed by atoms with E-state index in [9.17, 15) is 9.59 Å². The highest BCUT2D eigenvalue weighted by Crippen LogP contribution is 2.26. The molecule has 0 saturated carbocycles. The molecule has 0 aliphatic rings. The summed E-state index contributed by atoms with van der Waals surface area (Å²) >= 11 is 1.46. The highest BCUT2D eigenvalue weighted by molar-refractivity contribution is 7.15. The molecule has 0 bridgehead atoms. The quantitative estimate of drug-likeness (QED) is 0.474. The summed E-state index contributed by atoms with van der Waals surface area (Å²) in [7, 11) is 0. The van der Waals surface area contributed by atoms with Crippen LogP contribution in [0.1, 0.15) is 34.3 Å². The number of benzene rings is 2. The molecule has 2 aromatic heterocycles. The van der Waals surface area contributed by atoms with E-state index in [4.69, 9.17) is 0 Å². The maximum absolute atomic E-state index is 12.2. The molecule has 4 rings (SSSR count). The average molecular weight is 404 g/mol. The van der Waals surface area contributed by atoms with Crippen LogP contribution < -0.4 is 5.32 Å². The van der Waals surface area contributed by atoms with Crippen molar-refractivity contribution in [3.05, 3.63) is 70.6 Å². The second-order valence-electron chi connectivity index (χ2n) is 6.95. The lowest BCUT2D eigenvalue weighted by atomic mass is 10.1. The number of carbonyl (C=O) groups is 2. The SMILES string of the molecule is Cc1ccc(C(=O)CCC(=O)Nc2nc3scc(-c4ccc(C)cc4)n3n2)cc1. The van der Waals surface area contributed by atoms with E-state index in [0.29, 0.717) is 10.5 Å². The summed E-state index contributed by atoms with van der Waals surface area (Å²) in [6, 6.07) is 15.5. The summed E-state index contributed by atoms with van der Waals surface area (Å²) < 4.78 is 1.72. The molecule has 29 heavy (non-hydrogen) atoms. The van der Waals surface area contributed by atoms with Gasteiger partial charge in [0.1, 0.15) is 0 Å². The zero-order valence-corrected chi connectivity index (χ0v) is 17.0. The van der Waals surface area contributed by atoms with Gasteiger partial charge >= 0.3 is 0 Å². The van der Waals surface area contributed by atoms with Crippen LogP contribution in [0.25, 0.3) is 16.2 Å². The average Bonchev–Trinajstić information content (AvgIpc) is 3.27. The number of amides is 1. The smallest absolute Gasteiger partial charge is 0.250 e. The summed E-state index contributed by atoms with van der Waals surface area (Å²) in [6.07, 6.45) is 0.232. The number of aryl methyl sites for hydroxylation is 2. The number of Topliss-reactive ketones (excluding diaryl/α,β-unsaturated/α-hetero) is 1. The van der Waals surface area contributed by atoms with E-state index in [0.717, 1.165) is 16.8 Å². The van der Waals surface area contributed by atoms with Gasteiger partial charge in [0.15, 0.2) is 5.78 Å². The van der Waals surface area contributed by atoms with Crippen LogP contribution in [0.15, 0.2) is 53.9 Å². The third-order valence-corrected chi connectivity index (χ3v) is 5.45. The molecule has 0 aliphatic carbocycles. The minimum atomic E-state index is -0.277. The van der Waals surface area contributed by atoms with E-state index in [1.807, 2.05) is 55.6 Å². The molecule has 0 atom stereocenters. The minimum Gasteiger partial charge on any atom is -0.294 e. The van der Waals surface area contributed by atoms with Crippen LogP contribution in [0.4, 0.5) is 5.95 Å². The molecule has 4 aromatic rings. The Morgan fingerprint density at radius 3 is 2.31 bits per heavy atom. The second kappa shape index (κ2) is 7.97. The number of thiazole rings is 1. The number of rotatable bonds is 6. The number of ketones is 1. The molecule has 2 aromatic carbocycles. The monoisotopic (exact) mass is 404 g/mol. The topological polar surface area (TPSA) is 76.4 Å². The Hall–Kier alpha value is -3.32.